The lowest BCUT2D eigenvalue weighted by molar-refractivity contribution is -0.145. The molecule has 1 atom stereocenters. The Bertz CT molecular complexity index is 506. The molecule has 0 aliphatic rings. The second kappa shape index (κ2) is 13.1. The van der Waals surface area contributed by atoms with Gasteiger partial charge in [0.1, 0.15) is 6.04 Å². The van der Waals surface area contributed by atoms with Crippen LogP contribution in [0.5, 0.6) is 0 Å². The number of ether oxygens (including phenoxy) is 2. The molecule has 0 rings (SSSR count). The summed E-state index contributed by atoms with van der Waals surface area (Å²) in [5.74, 6) is 0.0111. The van der Waals surface area contributed by atoms with E-state index in [1.165, 1.54) is 0 Å². The highest BCUT2D eigenvalue weighted by atomic mass is 32.3. The minimum absolute atomic E-state index is 0.0828. The standard InChI is InChI=1S/C18H39N3O5SSi/c1-27(2,3)13-11-25-17(23)15(7-8-16(22)20-10-9-19)21-18(24)26-12-14-28(4,5)6/h15H,7-14,19H2,1-6H3,(H,20,22)(H,21,24)/t15-/m0/s1. The Kier molecular flexibility index (Phi) is 12.5. The Morgan fingerprint density at radius 3 is 2.25 bits per heavy atom. The van der Waals surface area contributed by atoms with Crippen molar-refractivity contribution in [1.29, 1.82) is 0 Å². The molecule has 166 valence electrons. The largest absolute Gasteiger partial charge is 0.463 e. The summed E-state index contributed by atoms with van der Waals surface area (Å²) in [4.78, 5) is 36.2. The topological polar surface area (TPSA) is 120 Å². The smallest absolute Gasteiger partial charge is 0.407 e. The molecule has 0 unspecified atom stereocenters. The van der Waals surface area contributed by atoms with Gasteiger partial charge < -0.3 is 25.8 Å². The molecule has 0 aliphatic carbocycles. The third-order valence-electron chi connectivity index (χ3n) is 3.73. The predicted molar refractivity (Wildman–Crippen MR) is 119 cm³/mol. The molecule has 0 aromatic heterocycles. The second-order valence-corrected chi connectivity index (χ2v) is 19.0. The predicted octanol–water partition coefficient (Wildman–Crippen LogP) is 1.51. The van der Waals surface area contributed by atoms with E-state index < -0.39 is 36.2 Å². The van der Waals surface area contributed by atoms with Crippen molar-refractivity contribution in [3.05, 3.63) is 0 Å². The van der Waals surface area contributed by atoms with Crippen LogP contribution in [0, 0.1) is 0 Å². The molecule has 0 bridgehead atoms. The summed E-state index contributed by atoms with van der Waals surface area (Å²) in [6.07, 6.45) is 5.96. The number of hydrogen-bond acceptors (Lipinski definition) is 6. The van der Waals surface area contributed by atoms with Crippen molar-refractivity contribution in [3.8, 4) is 0 Å². The molecule has 0 saturated carbocycles. The number of carbonyl (C=O) groups is 3. The summed E-state index contributed by atoms with van der Waals surface area (Å²) in [6.45, 7) is 7.87. The van der Waals surface area contributed by atoms with E-state index >= 15 is 0 Å². The Morgan fingerprint density at radius 1 is 1.07 bits per heavy atom. The maximum absolute atomic E-state index is 12.4. The summed E-state index contributed by atoms with van der Waals surface area (Å²) < 4.78 is 10.5. The van der Waals surface area contributed by atoms with E-state index in [0.29, 0.717) is 26.3 Å². The van der Waals surface area contributed by atoms with E-state index in [1.807, 2.05) is 0 Å². The Hall–Kier alpha value is -1.26. The number of hydrogen-bond donors (Lipinski definition) is 3. The average molecular weight is 438 g/mol. The van der Waals surface area contributed by atoms with Crippen LogP contribution in [0.1, 0.15) is 12.8 Å². The lowest BCUT2D eigenvalue weighted by atomic mass is 10.1. The Morgan fingerprint density at radius 2 is 1.71 bits per heavy atom. The first-order valence-corrected chi connectivity index (χ1v) is 16.3. The highest BCUT2D eigenvalue weighted by Gasteiger charge is 2.24. The summed E-state index contributed by atoms with van der Waals surface area (Å²) in [6, 6.07) is -0.0799. The fourth-order valence-electron chi connectivity index (χ4n) is 1.95. The highest BCUT2D eigenvalue weighted by molar-refractivity contribution is 8.32. The third kappa shape index (κ3) is 15.8. The van der Waals surface area contributed by atoms with Crippen molar-refractivity contribution in [3.63, 3.8) is 0 Å². The summed E-state index contributed by atoms with van der Waals surface area (Å²) in [5.41, 5.74) is 5.36. The first-order valence-electron chi connectivity index (χ1n) is 9.57. The summed E-state index contributed by atoms with van der Waals surface area (Å²) in [5, 5.41) is 5.19. The lowest BCUT2D eigenvalue weighted by Crippen LogP contribution is -2.43. The Balaban J connectivity index is 4.66. The first kappa shape index (κ1) is 26.7. The fraction of sp³-hybridized carbons (Fsp3) is 0.833. The quantitative estimate of drug-likeness (QED) is 0.297. The molecular formula is C18H39N3O5SSi. The van der Waals surface area contributed by atoms with E-state index in [1.54, 1.807) is 0 Å². The van der Waals surface area contributed by atoms with Crippen LogP contribution in [-0.2, 0) is 19.1 Å². The van der Waals surface area contributed by atoms with Gasteiger partial charge in [-0.05, 0) is 31.2 Å². The number of nitrogens with two attached hydrogens (primary N) is 1. The maximum atomic E-state index is 12.4. The van der Waals surface area contributed by atoms with Crippen LogP contribution < -0.4 is 16.4 Å². The van der Waals surface area contributed by atoms with E-state index in [0.717, 1.165) is 11.8 Å². The van der Waals surface area contributed by atoms with Crippen molar-refractivity contribution >= 4 is 36.1 Å². The van der Waals surface area contributed by atoms with Crippen molar-refractivity contribution in [2.45, 2.75) is 44.6 Å². The zero-order valence-electron chi connectivity index (χ0n) is 18.3. The van der Waals surface area contributed by atoms with Crippen LogP contribution in [0.2, 0.25) is 25.7 Å². The molecule has 0 fully saturated rings. The molecule has 8 nitrogen and oxygen atoms in total. The van der Waals surface area contributed by atoms with Gasteiger partial charge in [0.05, 0.1) is 13.2 Å². The van der Waals surface area contributed by atoms with E-state index in [2.05, 4.69) is 49.0 Å². The van der Waals surface area contributed by atoms with Gasteiger partial charge in [0.2, 0.25) is 5.91 Å². The average Bonchev–Trinajstić information content (AvgIpc) is 2.54. The van der Waals surface area contributed by atoms with Gasteiger partial charge in [-0.3, -0.25) is 4.79 Å². The molecule has 2 amide bonds. The molecule has 0 aromatic carbocycles. The highest BCUT2D eigenvalue weighted by Crippen LogP contribution is 2.33. The van der Waals surface area contributed by atoms with Crippen molar-refractivity contribution in [2.75, 3.05) is 50.8 Å². The number of esters is 1. The van der Waals surface area contributed by atoms with Crippen LogP contribution >= 0.6 is 10.0 Å². The summed E-state index contributed by atoms with van der Waals surface area (Å²) >= 11 is 0. The zero-order chi connectivity index (χ0) is 21.8. The molecule has 10 heteroatoms. The van der Waals surface area contributed by atoms with Crippen LogP contribution in [-0.4, -0.2) is 82.9 Å². The SMILES string of the molecule is C[Si](C)(C)CCOC(=O)N[C@@H](CCC(=O)NCCN)C(=O)OCCS(C)(C)C. The van der Waals surface area contributed by atoms with Gasteiger partial charge in [-0.25, -0.2) is 19.6 Å². The minimum atomic E-state index is -1.32. The number of nitrogens with one attached hydrogen (secondary N) is 2. The van der Waals surface area contributed by atoms with Crippen molar-refractivity contribution < 1.29 is 23.9 Å². The maximum Gasteiger partial charge on any atom is 0.407 e. The molecule has 0 radical (unpaired) electrons. The number of amides is 2. The fourth-order valence-corrected chi connectivity index (χ4v) is 3.25. The molecule has 0 saturated heterocycles. The van der Waals surface area contributed by atoms with E-state index in [9.17, 15) is 14.4 Å². The van der Waals surface area contributed by atoms with E-state index in [-0.39, 0.29) is 18.7 Å². The first-order chi connectivity index (χ1) is 12.8. The monoisotopic (exact) mass is 437 g/mol. The van der Waals surface area contributed by atoms with Crippen molar-refractivity contribution in [1.82, 2.24) is 10.6 Å². The molecule has 4 N–H and O–H groups in total. The summed E-state index contributed by atoms with van der Waals surface area (Å²) in [7, 11) is -2.11. The van der Waals surface area contributed by atoms with Gasteiger partial charge in [0.25, 0.3) is 0 Å². The van der Waals surface area contributed by atoms with Gasteiger partial charge in [0, 0.05) is 33.3 Å². The normalized spacial score (nSPS) is 13.4. The number of carbonyl (C=O) groups excluding carboxylic acids is 3. The Labute approximate surface area is 172 Å². The molecular weight excluding hydrogens is 398 g/mol. The van der Waals surface area contributed by atoms with Gasteiger partial charge in [-0.15, -0.1) is 0 Å². The lowest BCUT2D eigenvalue weighted by Gasteiger charge is -2.25. The van der Waals surface area contributed by atoms with Gasteiger partial charge in [-0.2, -0.15) is 0 Å². The molecule has 0 aromatic rings. The second-order valence-electron chi connectivity index (χ2n) is 8.78. The third-order valence-corrected chi connectivity index (χ3v) is 6.82. The molecule has 28 heavy (non-hydrogen) atoms. The van der Waals surface area contributed by atoms with Crippen LogP contribution in [0.4, 0.5) is 4.79 Å². The molecule has 0 aliphatic heterocycles. The molecule has 0 heterocycles. The van der Waals surface area contributed by atoms with Crippen LogP contribution in [0.25, 0.3) is 0 Å². The van der Waals surface area contributed by atoms with Gasteiger partial charge >= 0.3 is 12.1 Å². The van der Waals surface area contributed by atoms with Gasteiger partial charge in [0.15, 0.2) is 0 Å². The van der Waals surface area contributed by atoms with Crippen LogP contribution in [0.3, 0.4) is 0 Å². The number of rotatable bonds is 13. The van der Waals surface area contributed by atoms with Crippen molar-refractivity contribution in [2.24, 2.45) is 5.73 Å². The number of alkyl carbamates (subject to hydrolysis) is 1. The molecule has 0 spiro atoms. The zero-order valence-corrected chi connectivity index (χ0v) is 20.1. The van der Waals surface area contributed by atoms with Gasteiger partial charge in [-0.1, -0.05) is 19.6 Å². The van der Waals surface area contributed by atoms with Crippen LogP contribution in [0.15, 0.2) is 0 Å². The minimum Gasteiger partial charge on any atom is -0.463 e. The van der Waals surface area contributed by atoms with E-state index in [4.69, 9.17) is 15.2 Å².